The van der Waals surface area contributed by atoms with Gasteiger partial charge >= 0.3 is 0 Å². The van der Waals surface area contributed by atoms with Crippen LogP contribution in [-0.4, -0.2) is 40.4 Å². The molecule has 1 aliphatic heterocycles. The van der Waals surface area contributed by atoms with Crippen molar-refractivity contribution in [3.8, 4) is 0 Å². The average molecular weight is 356 g/mol. The molecule has 26 heavy (non-hydrogen) atoms. The molecule has 3 rings (SSSR count). The molecule has 1 aromatic heterocycles. The van der Waals surface area contributed by atoms with Crippen molar-refractivity contribution in [3.63, 3.8) is 0 Å². The molecule has 2 aromatic rings. The van der Waals surface area contributed by atoms with Crippen LogP contribution < -0.4 is 5.32 Å². The van der Waals surface area contributed by atoms with Gasteiger partial charge in [0.2, 0.25) is 5.95 Å². The molecule has 6 heteroatoms. The van der Waals surface area contributed by atoms with Crippen molar-refractivity contribution >= 4 is 11.9 Å². The molecular formula is C20H25FN4O. The van der Waals surface area contributed by atoms with Crippen LogP contribution in [0.5, 0.6) is 0 Å². The van der Waals surface area contributed by atoms with E-state index < -0.39 is 0 Å². The lowest BCUT2D eigenvalue weighted by Gasteiger charge is -2.20. The van der Waals surface area contributed by atoms with Crippen molar-refractivity contribution in [1.82, 2.24) is 14.9 Å². The summed E-state index contributed by atoms with van der Waals surface area (Å²) in [5.41, 5.74) is 1.81. The van der Waals surface area contributed by atoms with Crippen LogP contribution in [0.4, 0.5) is 10.3 Å². The second kappa shape index (κ2) is 8.74. The molecule has 0 saturated carbocycles. The van der Waals surface area contributed by atoms with Crippen LogP contribution in [0.3, 0.4) is 0 Å². The number of hydrogen-bond donors (Lipinski definition) is 1. The van der Waals surface area contributed by atoms with Crippen LogP contribution in [0.25, 0.3) is 0 Å². The fourth-order valence-corrected chi connectivity index (χ4v) is 3.20. The molecule has 0 atom stereocenters. The van der Waals surface area contributed by atoms with E-state index in [1.54, 1.807) is 18.2 Å². The van der Waals surface area contributed by atoms with Crippen LogP contribution >= 0.6 is 0 Å². The Morgan fingerprint density at radius 1 is 1.15 bits per heavy atom. The zero-order valence-electron chi connectivity index (χ0n) is 15.2. The van der Waals surface area contributed by atoms with E-state index in [1.807, 2.05) is 17.9 Å². The van der Waals surface area contributed by atoms with Gasteiger partial charge in [-0.2, -0.15) is 0 Å². The first-order valence-electron chi connectivity index (χ1n) is 9.26. The number of likely N-dealkylation sites (tertiary alicyclic amines) is 1. The van der Waals surface area contributed by atoms with Crippen molar-refractivity contribution in [2.45, 2.75) is 39.0 Å². The van der Waals surface area contributed by atoms with Gasteiger partial charge in [0.1, 0.15) is 11.5 Å². The molecule has 1 N–H and O–H groups in total. The highest BCUT2D eigenvalue weighted by atomic mass is 19.1. The van der Waals surface area contributed by atoms with Gasteiger partial charge in [0.05, 0.1) is 0 Å². The van der Waals surface area contributed by atoms with Crippen molar-refractivity contribution in [2.75, 3.05) is 25.0 Å². The van der Waals surface area contributed by atoms with Crippen LogP contribution in [0, 0.1) is 12.7 Å². The van der Waals surface area contributed by atoms with Crippen molar-refractivity contribution in [2.24, 2.45) is 0 Å². The summed E-state index contributed by atoms with van der Waals surface area (Å²) in [6.07, 6.45) is 4.97. The molecule has 1 aliphatic rings. The fraction of sp³-hybridized carbons (Fsp3) is 0.450. The number of rotatable bonds is 5. The Labute approximate surface area is 153 Å². The van der Waals surface area contributed by atoms with Crippen LogP contribution in [0.2, 0.25) is 0 Å². The maximum Gasteiger partial charge on any atom is 0.272 e. The Morgan fingerprint density at radius 2 is 1.88 bits per heavy atom. The average Bonchev–Trinajstić information content (AvgIpc) is 2.92. The second-order valence-corrected chi connectivity index (χ2v) is 6.69. The first-order chi connectivity index (χ1) is 12.6. The summed E-state index contributed by atoms with van der Waals surface area (Å²) in [7, 11) is 0. The number of carbonyl (C=O) groups excluding carboxylic acids is 1. The number of amides is 1. The Kier molecular flexibility index (Phi) is 6.15. The molecule has 138 valence electrons. The third kappa shape index (κ3) is 4.77. The highest BCUT2D eigenvalue weighted by Gasteiger charge is 2.19. The first-order valence-corrected chi connectivity index (χ1v) is 9.26. The molecule has 0 spiro atoms. The van der Waals surface area contributed by atoms with E-state index in [2.05, 4.69) is 15.3 Å². The van der Waals surface area contributed by atoms with Crippen molar-refractivity contribution in [1.29, 1.82) is 0 Å². The molecule has 0 bridgehead atoms. The number of carbonyl (C=O) groups is 1. The zero-order valence-corrected chi connectivity index (χ0v) is 15.2. The van der Waals surface area contributed by atoms with Gasteiger partial charge in [-0.3, -0.25) is 4.79 Å². The minimum atomic E-state index is -0.212. The van der Waals surface area contributed by atoms with Gasteiger partial charge in [0.25, 0.3) is 5.91 Å². The van der Waals surface area contributed by atoms with Gasteiger partial charge in [0.15, 0.2) is 0 Å². The minimum absolute atomic E-state index is 0.0328. The van der Waals surface area contributed by atoms with E-state index in [1.165, 1.54) is 18.9 Å². The number of aromatic nitrogens is 2. The van der Waals surface area contributed by atoms with Gasteiger partial charge < -0.3 is 10.2 Å². The molecule has 1 aromatic carbocycles. The molecular weight excluding hydrogens is 331 g/mol. The number of aryl methyl sites for hydroxylation is 1. The van der Waals surface area contributed by atoms with Crippen LogP contribution in [0.1, 0.15) is 47.4 Å². The van der Waals surface area contributed by atoms with Crippen LogP contribution in [0.15, 0.2) is 30.3 Å². The molecule has 2 heterocycles. The van der Waals surface area contributed by atoms with Gasteiger partial charge in [0, 0.05) is 25.3 Å². The molecule has 0 aliphatic carbocycles. The first kappa shape index (κ1) is 18.3. The van der Waals surface area contributed by atoms with Gasteiger partial charge in [-0.05, 0) is 43.9 Å². The summed E-state index contributed by atoms with van der Waals surface area (Å²) < 4.78 is 13.7. The maximum atomic E-state index is 13.7. The molecule has 0 unspecified atom stereocenters. The largest absolute Gasteiger partial charge is 0.354 e. The second-order valence-electron chi connectivity index (χ2n) is 6.69. The number of nitrogens with zero attached hydrogens (tertiary/aromatic N) is 3. The topological polar surface area (TPSA) is 58.1 Å². The number of nitrogens with one attached hydrogen (secondary N) is 1. The quantitative estimate of drug-likeness (QED) is 0.889. The maximum absolute atomic E-state index is 13.7. The Bertz CT molecular complexity index is 757. The number of anilines is 1. The standard InChI is InChI=1S/C20H25FN4O/c1-15-14-18(19(26)25-12-6-2-3-7-13-25)24-20(23-15)22-11-10-16-8-4-5-9-17(16)21/h4-5,8-9,14H,2-3,6-7,10-13H2,1H3,(H,22,23,24). The fourth-order valence-electron chi connectivity index (χ4n) is 3.20. The molecule has 1 saturated heterocycles. The Morgan fingerprint density at radius 3 is 2.62 bits per heavy atom. The van der Waals surface area contributed by atoms with Gasteiger partial charge in [-0.1, -0.05) is 31.0 Å². The highest BCUT2D eigenvalue weighted by molar-refractivity contribution is 5.92. The van der Waals surface area contributed by atoms with E-state index in [0.29, 0.717) is 30.2 Å². The SMILES string of the molecule is Cc1cc(C(=O)N2CCCCCC2)nc(NCCc2ccccc2F)n1. The third-order valence-electron chi connectivity index (χ3n) is 4.60. The summed E-state index contributed by atoms with van der Waals surface area (Å²) in [6.45, 7) is 3.93. The summed E-state index contributed by atoms with van der Waals surface area (Å²) >= 11 is 0. The number of halogens is 1. The normalized spacial score (nSPS) is 14.8. The molecule has 0 radical (unpaired) electrons. The monoisotopic (exact) mass is 356 g/mol. The lowest BCUT2D eigenvalue weighted by atomic mass is 10.1. The van der Waals surface area contributed by atoms with E-state index in [9.17, 15) is 9.18 Å². The van der Waals surface area contributed by atoms with Crippen LogP contribution in [-0.2, 0) is 6.42 Å². The van der Waals surface area contributed by atoms with Gasteiger partial charge in [-0.15, -0.1) is 0 Å². The molecule has 1 fully saturated rings. The van der Waals surface area contributed by atoms with Gasteiger partial charge in [-0.25, -0.2) is 14.4 Å². The Hall–Kier alpha value is -2.50. The minimum Gasteiger partial charge on any atom is -0.354 e. The van der Waals surface area contributed by atoms with E-state index in [-0.39, 0.29) is 11.7 Å². The predicted molar refractivity (Wildman–Crippen MR) is 99.7 cm³/mol. The smallest absolute Gasteiger partial charge is 0.272 e. The van der Waals surface area contributed by atoms with Crippen molar-refractivity contribution < 1.29 is 9.18 Å². The summed E-state index contributed by atoms with van der Waals surface area (Å²) in [5.74, 6) is 0.172. The number of benzene rings is 1. The predicted octanol–water partition coefficient (Wildman–Crippen LogP) is 3.59. The highest BCUT2D eigenvalue weighted by Crippen LogP contribution is 2.14. The number of hydrogen-bond acceptors (Lipinski definition) is 4. The van der Waals surface area contributed by atoms with E-state index in [0.717, 1.165) is 31.6 Å². The molecule has 5 nitrogen and oxygen atoms in total. The zero-order chi connectivity index (χ0) is 18.4. The lowest BCUT2D eigenvalue weighted by Crippen LogP contribution is -2.32. The molecule has 1 amide bonds. The summed E-state index contributed by atoms with van der Waals surface area (Å²) in [6, 6.07) is 8.45. The lowest BCUT2D eigenvalue weighted by molar-refractivity contribution is 0.0755. The van der Waals surface area contributed by atoms with Crippen molar-refractivity contribution in [3.05, 3.63) is 53.1 Å². The van der Waals surface area contributed by atoms with E-state index in [4.69, 9.17) is 0 Å². The Balaban J connectivity index is 1.65. The summed E-state index contributed by atoms with van der Waals surface area (Å²) in [4.78, 5) is 23.4. The third-order valence-corrected chi connectivity index (χ3v) is 4.60. The van der Waals surface area contributed by atoms with E-state index >= 15 is 0 Å². The summed E-state index contributed by atoms with van der Waals surface area (Å²) in [5, 5.41) is 3.11.